The van der Waals surface area contributed by atoms with Crippen molar-refractivity contribution in [2.45, 2.75) is 32.8 Å². The number of hydrogen-bond acceptors (Lipinski definition) is 6. The van der Waals surface area contributed by atoms with Crippen LogP contribution in [0, 0.1) is 0 Å². The quantitative estimate of drug-likeness (QED) is 0.727. The summed E-state index contributed by atoms with van der Waals surface area (Å²) in [6.45, 7) is 5.38. The van der Waals surface area contributed by atoms with E-state index in [2.05, 4.69) is 27.5 Å². The standard InChI is InChI=1S/C13H20N4OS/c1-3-5-9(18)8-15-11-10-6-7-19-12(10)17-13(16-11)14-4-2/h6-7,9,18H,3-5,8H2,1-2H3,(H2,14,15,16,17). The van der Waals surface area contributed by atoms with Crippen molar-refractivity contribution in [2.24, 2.45) is 0 Å². The van der Waals surface area contributed by atoms with Gasteiger partial charge in [0, 0.05) is 13.1 Å². The van der Waals surface area contributed by atoms with Gasteiger partial charge < -0.3 is 15.7 Å². The van der Waals surface area contributed by atoms with E-state index in [1.54, 1.807) is 11.3 Å². The van der Waals surface area contributed by atoms with Gasteiger partial charge in [-0.05, 0) is 24.8 Å². The highest BCUT2D eigenvalue weighted by Crippen LogP contribution is 2.26. The minimum Gasteiger partial charge on any atom is -0.391 e. The Balaban J connectivity index is 2.17. The number of fused-ring (bicyclic) bond motifs is 1. The SMILES string of the molecule is CCCC(O)CNc1nc(NCC)nc2sccc12. The Morgan fingerprint density at radius 1 is 1.32 bits per heavy atom. The zero-order valence-electron chi connectivity index (χ0n) is 11.3. The van der Waals surface area contributed by atoms with Crippen LogP contribution >= 0.6 is 11.3 Å². The van der Waals surface area contributed by atoms with E-state index in [0.717, 1.165) is 35.4 Å². The van der Waals surface area contributed by atoms with Gasteiger partial charge in [0.2, 0.25) is 5.95 Å². The lowest BCUT2D eigenvalue weighted by atomic mass is 10.2. The largest absolute Gasteiger partial charge is 0.391 e. The summed E-state index contributed by atoms with van der Waals surface area (Å²) in [5.41, 5.74) is 0. The Labute approximate surface area is 117 Å². The molecule has 0 aliphatic rings. The van der Waals surface area contributed by atoms with Crippen molar-refractivity contribution in [1.82, 2.24) is 9.97 Å². The predicted octanol–water partition coefficient (Wildman–Crippen LogP) is 2.70. The number of aromatic nitrogens is 2. The molecular formula is C13H20N4OS. The second-order valence-corrected chi connectivity index (χ2v) is 5.28. The van der Waals surface area contributed by atoms with Crippen LogP contribution < -0.4 is 10.6 Å². The maximum atomic E-state index is 9.79. The summed E-state index contributed by atoms with van der Waals surface area (Å²) in [4.78, 5) is 9.86. The van der Waals surface area contributed by atoms with Gasteiger partial charge in [0.1, 0.15) is 10.6 Å². The molecular weight excluding hydrogens is 260 g/mol. The highest BCUT2D eigenvalue weighted by molar-refractivity contribution is 7.16. The van der Waals surface area contributed by atoms with Crippen LogP contribution in [0.5, 0.6) is 0 Å². The average Bonchev–Trinajstić information content (AvgIpc) is 2.85. The van der Waals surface area contributed by atoms with Crippen molar-refractivity contribution in [3.63, 3.8) is 0 Å². The van der Waals surface area contributed by atoms with Gasteiger partial charge in [0.15, 0.2) is 0 Å². The van der Waals surface area contributed by atoms with Crippen molar-refractivity contribution in [3.05, 3.63) is 11.4 Å². The molecule has 0 aliphatic carbocycles. The number of nitrogens with one attached hydrogen (secondary N) is 2. The third-order valence-corrected chi connectivity index (χ3v) is 3.59. The first-order valence-electron chi connectivity index (χ1n) is 6.65. The van der Waals surface area contributed by atoms with Gasteiger partial charge in [-0.1, -0.05) is 13.3 Å². The molecule has 2 aromatic heterocycles. The molecule has 0 saturated carbocycles. The molecule has 1 unspecified atom stereocenters. The smallest absolute Gasteiger partial charge is 0.226 e. The van der Waals surface area contributed by atoms with E-state index in [1.807, 2.05) is 18.4 Å². The molecule has 0 fully saturated rings. The van der Waals surface area contributed by atoms with Crippen molar-refractivity contribution >= 4 is 33.3 Å². The van der Waals surface area contributed by atoms with Gasteiger partial charge in [-0.25, -0.2) is 4.98 Å². The van der Waals surface area contributed by atoms with Crippen LogP contribution in [0.1, 0.15) is 26.7 Å². The van der Waals surface area contributed by atoms with Crippen molar-refractivity contribution < 1.29 is 5.11 Å². The fraction of sp³-hybridized carbons (Fsp3) is 0.538. The third-order valence-electron chi connectivity index (χ3n) is 2.79. The molecule has 2 heterocycles. The number of aliphatic hydroxyl groups excluding tert-OH is 1. The molecule has 0 radical (unpaired) electrons. The minimum absolute atomic E-state index is 0.337. The number of aliphatic hydroxyl groups is 1. The average molecular weight is 280 g/mol. The Morgan fingerprint density at radius 3 is 2.89 bits per heavy atom. The molecule has 0 aromatic carbocycles. The number of hydrogen-bond donors (Lipinski definition) is 3. The Bertz CT molecular complexity index is 528. The Kier molecular flexibility index (Phi) is 4.93. The van der Waals surface area contributed by atoms with Crippen molar-refractivity contribution in [3.8, 4) is 0 Å². The fourth-order valence-electron chi connectivity index (χ4n) is 1.88. The monoisotopic (exact) mass is 280 g/mol. The maximum Gasteiger partial charge on any atom is 0.226 e. The maximum absolute atomic E-state index is 9.79. The third kappa shape index (κ3) is 3.54. The van der Waals surface area contributed by atoms with Gasteiger partial charge in [0.05, 0.1) is 11.5 Å². The molecule has 0 amide bonds. The summed E-state index contributed by atoms with van der Waals surface area (Å²) in [7, 11) is 0. The molecule has 104 valence electrons. The van der Waals surface area contributed by atoms with Crippen LogP contribution in [0.15, 0.2) is 11.4 Å². The van der Waals surface area contributed by atoms with Gasteiger partial charge in [-0.2, -0.15) is 4.98 Å². The van der Waals surface area contributed by atoms with E-state index >= 15 is 0 Å². The van der Waals surface area contributed by atoms with Crippen LogP contribution in [-0.4, -0.2) is 34.3 Å². The lowest BCUT2D eigenvalue weighted by molar-refractivity contribution is 0.176. The zero-order valence-corrected chi connectivity index (χ0v) is 12.1. The fourth-order valence-corrected chi connectivity index (χ4v) is 2.64. The summed E-state index contributed by atoms with van der Waals surface area (Å²) >= 11 is 1.59. The number of anilines is 2. The van der Waals surface area contributed by atoms with Gasteiger partial charge in [-0.15, -0.1) is 11.3 Å². The zero-order chi connectivity index (χ0) is 13.7. The molecule has 0 spiro atoms. The summed E-state index contributed by atoms with van der Waals surface area (Å²) in [6.07, 6.45) is 1.44. The van der Waals surface area contributed by atoms with E-state index in [-0.39, 0.29) is 6.10 Å². The summed E-state index contributed by atoms with van der Waals surface area (Å²) < 4.78 is 0. The topological polar surface area (TPSA) is 70.1 Å². The van der Waals surface area contributed by atoms with Crippen LogP contribution in [0.3, 0.4) is 0 Å². The minimum atomic E-state index is -0.337. The summed E-state index contributed by atoms with van der Waals surface area (Å²) in [6, 6.07) is 2.00. The first-order valence-corrected chi connectivity index (χ1v) is 7.53. The molecule has 2 rings (SSSR count). The number of rotatable bonds is 7. The molecule has 6 heteroatoms. The van der Waals surface area contributed by atoms with Crippen LogP contribution in [0.25, 0.3) is 10.2 Å². The van der Waals surface area contributed by atoms with Gasteiger partial charge in [-0.3, -0.25) is 0 Å². The van der Waals surface area contributed by atoms with Gasteiger partial charge in [0.25, 0.3) is 0 Å². The Morgan fingerprint density at radius 2 is 2.16 bits per heavy atom. The van der Waals surface area contributed by atoms with Crippen molar-refractivity contribution in [1.29, 1.82) is 0 Å². The lowest BCUT2D eigenvalue weighted by Gasteiger charge is -2.12. The Hall–Kier alpha value is -1.40. The normalized spacial score (nSPS) is 12.6. The number of thiophene rings is 1. The molecule has 0 saturated heterocycles. The highest BCUT2D eigenvalue weighted by atomic mass is 32.1. The summed E-state index contributed by atoms with van der Waals surface area (Å²) in [5, 5.41) is 19.1. The first kappa shape index (κ1) is 14.0. The highest BCUT2D eigenvalue weighted by Gasteiger charge is 2.10. The number of nitrogens with zero attached hydrogens (tertiary/aromatic N) is 2. The predicted molar refractivity (Wildman–Crippen MR) is 81.0 cm³/mol. The molecule has 3 N–H and O–H groups in total. The van der Waals surface area contributed by atoms with Crippen LogP contribution in [-0.2, 0) is 0 Å². The van der Waals surface area contributed by atoms with E-state index in [0.29, 0.717) is 12.5 Å². The van der Waals surface area contributed by atoms with Crippen LogP contribution in [0.4, 0.5) is 11.8 Å². The van der Waals surface area contributed by atoms with Crippen molar-refractivity contribution in [2.75, 3.05) is 23.7 Å². The van der Waals surface area contributed by atoms with E-state index in [1.165, 1.54) is 0 Å². The second-order valence-electron chi connectivity index (χ2n) is 4.39. The molecule has 5 nitrogen and oxygen atoms in total. The lowest BCUT2D eigenvalue weighted by Crippen LogP contribution is -2.20. The van der Waals surface area contributed by atoms with Crippen LogP contribution in [0.2, 0.25) is 0 Å². The molecule has 0 aliphatic heterocycles. The van der Waals surface area contributed by atoms with E-state index in [4.69, 9.17) is 0 Å². The molecule has 1 atom stereocenters. The van der Waals surface area contributed by atoms with E-state index in [9.17, 15) is 5.11 Å². The first-order chi connectivity index (χ1) is 9.24. The summed E-state index contributed by atoms with van der Waals surface area (Å²) in [5.74, 6) is 1.42. The van der Waals surface area contributed by atoms with Gasteiger partial charge >= 0.3 is 0 Å². The molecule has 19 heavy (non-hydrogen) atoms. The molecule has 0 bridgehead atoms. The molecule has 2 aromatic rings. The second kappa shape index (κ2) is 6.68. The van der Waals surface area contributed by atoms with E-state index < -0.39 is 0 Å².